The Morgan fingerprint density at radius 2 is 1.55 bits per heavy atom. The Kier molecular flexibility index (Phi) is 6.73. The van der Waals surface area contributed by atoms with Crippen LogP contribution in [0.4, 0.5) is 11.4 Å². The van der Waals surface area contributed by atoms with Crippen molar-refractivity contribution in [1.82, 2.24) is 0 Å². The second-order valence-electron chi connectivity index (χ2n) is 5.16. The molecule has 0 aliphatic heterocycles. The lowest BCUT2D eigenvalue weighted by Gasteiger charge is -2.09. The molecule has 0 fully saturated rings. The molecule has 0 atom stereocenters. The number of nitrogens with one attached hydrogen (secondary N) is 2. The molecule has 1 aromatic rings. The molecule has 0 bridgehead atoms. The summed E-state index contributed by atoms with van der Waals surface area (Å²) < 4.78 is 0. The van der Waals surface area contributed by atoms with Crippen molar-refractivity contribution in [3.8, 4) is 0 Å². The molecule has 1 rings (SSSR count). The lowest BCUT2D eigenvalue weighted by atomic mass is 10.1. The van der Waals surface area contributed by atoms with Gasteiger partial charge in [-0.25, -0.2) is 0 Å². The number of hydrogen-bond donors (Lipinski definition) is 3. The first-order chi connectivity index (χ1) is 9.51. The van der Waals surface area contributed by atoms with Gasteiger partial charge in [0, 0.05) is 24.2 Å². The topological polar surface area (TPSA) is 84.2 Å². The molecule has 0 aliphatic carbocycles. The van der Waals surface area contributed by atoms with Crippen LogP contribution >= 0.6 is 0 Å². The molecule has 0 aromatic heterocycles. The van der Waals surface area contributed by atoms with Gasteiger partial charge in [0.15, 0.2) is 0 Å². The van der Waals surface area contributed by atoms with E-state index in [-0.39, 0.29) is 11.8 Å². The van der Waals surface area contributed by atoms with Gasteiger partial charge in [0.2, 0.25) is 11.8 Å². The van der Waals surface area contributed by atoms with Crippen LogP contribution in [0.5, 0.6) is 0 Å². The Hall–Kier alpha value is -1.88. The second-order valence-corrected chi connectivity index (χ2v) is 5.16. The fourth-order valence-electron chi connectivity index (χ4n) is 1.71. The van der Waals surface area contributed by atoms with Crippen molar-refractivity contribution in [1.29, 1.82) is 0 Å². The van der Waals surface area contributed by atoms with E-state index in [1.807, 2.05) is 13.8 Å². The van der Waals surface area contributed by atoms with Crippen LogP contribution in [-0.2, 0) is 9.59 Å². The summed E-state index contributed by atoms with van der Waals surface area (Å²) >= 11 is 0. The number of carbonyl (C=O) groups is 2. The Labute approximate surface area is 119 Å². The van der Waals surface area contributed by atoms with E-state index < -0.39 is 0 Å². The van der Waals surface area contributed by atoms with Gasteiger partial charge in [-0.1, -0.05) is 13.8 Å². The number of carbonyl (C=O) groups excluding carboxylic acids is 2. The van der Waals surface area contributed by atoms with Gasteiger partial charge in [-0.15, -0.1) is 0 Å². The molecule has 0 radical (unpaired) electrons. The van der Waals surface area contributed by atoms with Crippen LogP contribution < -0.4 is 16.4 Å². The largest absolute Gasteiger partial charge is 0.330 e. The summed E-state index contributed by atoms with van der Waals surface area (Å²) in [5.41, 5.74) is 6.80. The van der Waals surface area contributed by atoms with E-state index >= 15 is 0 Å². The van der Waals surface area contributed by atoms with Crippen molar-refractivity contribution >= 4 is 23.2 Å². The van der Waals surface area contributed by atoms with Crippen molar-refractivity contribution in [3.05, 3.63) is 24.3 Å². The molecule has 1 aromatic carbocycles. The minimum atomic E-state index is -0.0490. The van der Waals surface area contributed by atoms with E-state index in [0.29, 0.717) is 37.4 Å². The zero-order chi connectivity index (χ0) is 15.0. The zero-order valence-corrected chi connectivity index (χ0v) is 12.1. The van der Waals surface area contributed by atoms with Gasteiger partial charge in [0.05, 0.1) is 0 Å². The predicted molar refractivity (Wildman–Crippen MR) is 81.4 cm³/mol. The molecule has 0 spiro atoms. The van der Waals surface area contributed by atoms with Gasteiger partial charge in [-0.2, -0.15) is 0 Å². The highest BCUT2D eigenvalue weighted by Gasteiger charge is 2.06. The Morgan fingerprint density at radius 1 is 1.05 bits per heavy atom. The van der Waals surface area contributed by atoms with E-state index in [1.54, 1.807) is 24.3 Å². The van der Waals surface area contributed by atoms with Crippen LogP contribution in [0.2, 0.25) is 0 Å². The summed E-state index contributed by atoms with van der Waals surface area (Å²) in [6.07, 6.45) is 1.59. The SMILES string of the molecule is CC(C)CC(=O)Nc1ccc(NC(=O)CCCN)cc1. The molecular formula is C15H23N3O2. The molecule has 2 amide bonds. The average Bonchev–Trinajstić information content (AvgIpc) is 2.37. The van der Waals surface area contributed by atoms with Crippen molar-refractivity contribution in [2.24, 2.45) is 11.7 Å². The van der Waals surface area contributed by atoms with Crippen molar-refractivity contribution < 1.29 is 9.59 Å². The highest BCUT2D eigenvalue weighted by Crippen LogP contribution is 2.14. The summed E-state index contributed by atoms with van der Waals surface area (Å²) in [5.74, 6) is 0.280. The molecule has 5 heteroatoms. The van der Waals surface area contributed by atoms with Crippen LogP contribution in [0.25, 0.3) is 0 Å². The summed E-state index contributed by atoms with van der Waals surface area (Å²) in [6, 6.07) is 7.09. The number of rotatable bonds is 7. The van der Waals surface area contributed by atoms with Crippen molar-refractivity contribution in [2.75, 3.05) is 17.2 Å². The Bertz CT molecular complexity index is 441. The Balaban J connectivity index is 2.47. The molecule has 0 saturated heterocycles. The van der Waals surface area contributed by atoms with E-state index in [4.69, 9.17) is 5.73 Å². The smallest absolute Gasteiger partial charge is 0.224 e. The van der Waals surface area contributed by atoms with Crippen LogP contribution in [0.15, 0.2) is 24.3 Å². The maximum absolute atomic E-state index is 11.6. The molecule has 110 valence electrons. The van der Waals surface area contributed by atoms with Gasteiger partial charge >= 0.3 is 0 Å². The first-order valence-electron chi connectivity index (χ1n) is 6.91. The number of hydrogen-bond acceptors (Lipinski definition) is 3. The summed E-state index contributed by atoms with van der Waals surface area (Å²) in [5, 5.41) is 5.60. The van der Waals surface area contributed by atoms with Crippen molar-refractivity contribution in [2.45, 2.75) is 33.1 Å². The van der Waals surface area contributed by atoms with Gasteiger partial charge in [-0.3, -0.25) is 9.59 Å². The second kappa shape index (κ2) is 8.32. The van der Waals surface area contributed by atoms with E-state index in [2.05, 4.69) is 10.6 Å². The monoisotopic (exact) mass is 277 g/mol. The molecule has 4 N–H and O–H groups in total. The van der Waals surface area contributed by atoms with E-state index in [0.717, 1.165) is 5.69 Å². The Morgan fingerprint density at radius 3 is 2.00 bits per heavy atom. The van der Waals surface area contributed by atoms with E-state index in [1.165, 1.54) is 0 Å². The van der Waals surface area contributed by atoms with Crippen LogP contribution in [-0.4, -0.2) is 18.4 Å². The number of amides is 2. The quantitative estimate of drug-likeness (QED) is 0.715. The number of nitrogens with two attached hydrogens (primary N) is 1. The molecule has 0 unspecified atom stereocenters. The van der Waals surface area contributed by atoms with E-state index in [9.17, 15) is 9.59 Å². The number of benzene rings is 1. The lowest BCUT2D eigenvalue weighted by molar-refractivity contribution is -0.117. The zero-order valence-electron chi connectivity index (χ0n) is 12.1. The summed E-state index contributed by atoms with van der Waals surface area (Å²) in [7, 11) is 0. The minimum absolute atomic E-state index is 0.000249. The lowest BCUT2D eigenvalue weighted by Crippen LogP contribution is -2.14. The normalized spacial score (nSPS) is 10.4. The minimum Gasteiger partial charge on any atom is -0.330 e. The molecule has 20 heavy (non-hydrogen) atoms. The predicted octanol–water partition coefficient (Wildman–Crippen LogP) is 2.35. The summed E-state index contributed by atoms with van der Waals surface area (Å²) in [6.45, 7) is 4.51. The first kappa shape index (κ1) is 16.2. The summed E-state index contributed by atoms with van der Waals surface area (Å²) in [4.78, 5) is 23.1. The van der Waals surface area contributed by atoms with Gasteiger partial charge in [-0.05, 0) is 43.1 Å². The first-order valence-corrected chi connectivity index (χ1v) is 6.91. The van der Waals surface area contributed by atoms with Gasteiger partial charge in [0.25, 0.3) is 0 Å². The third kappa shape index (κ3) is 6.33. The molecule has 5 nitrogen and oxygen atoms in total. The van der Waals surface area contributed by atoms with Crippen LogP contribution in [0.3, 0.4) is 0 Å². The third-order valence-corrected chi connectivity index (χ3v) is 2.65. The molecule has 0 heterocycles. The average molecular weight is 277 g/mol. The fraction of sp³-hybridized carbons (Fsp3) is 0.467. The van der Waals surface area contributed by atoms with Crippen molar-refractivity contribution in [3.63, 3.8) is 0 Å². The maximum Gasteiger partial charge on any atom is 0.224 e. The number of anilines is 2. The van der Waals surface area contributed by atoms with Crippen LogP contribution in [0.1, 0.15) is 33.1 Å². The third-order valence-electron chi connectivity index (χ3n) is 2.65. The molecule has 0 aliphatic rings. The fourth-order valence-corrected chi connectivity index (χ4v) is 1.71. The molecular weight excluding hydrogens is 254 g/mol. The highest BCUT2D eigenvalue weighted by molar-refractivity contribution is 5.92. The van der Waals surface area contributed by atoms with Crippen LogP contribution in [0, 0.1) is 5.92 Å². The van der Waals surface area contributed by atoms with Gasteiger partial charge < -0.3 is 16.4 Å². The molecule has 0 saturated carbocycles. The maximum atomic E-state index is 11.6. The van der Waals surface area contributed by atoms with Gasteiger partial charge in [0.1, 0.15) is 0 Å². The highest BCUT2D eigenvalue weighted by atomic mass is 16.2. The standard InChI is InChI=1S/C15H23N3O2/c1-11(2)10-15(20)18-13-7-5-12(6-8-13)17-14(19)4-3-9-16/h5-8,11H,3-4,9-10,16H2,1-2H3,(H,17,19)(H,18,20).